The van der Waals surface area contributed by atoms with Crippen molar-refractivity contribution in [3.63, 3.8) is 0 Å². The highest BCUT2D eigenvalue weighted by molar-refractivity contribution is 9.10. The molecule has 2 aromatic rings. The van der Waals surface area contributed by atoms with Crippen LogP contribution in [0.5, 0.6) is 0 Å². The van der Waals surface area contributed by atoms with Crippen LogP contribution in [0.1, 0.15) is 5.56 Å². The fourth-order valence-corrected chi connectivity index (χ4v) is 7.71. The van der Waals surface area contributed by atoms with Gasteiger partial charge in [-0.1, -0.05) is 51.4 Å². The third-order valence-corrected chi connectivity index (χ3v) is 8.65. The standard InChI is InChI=1S/C19H16BrClN2O3S2/c20-13-3-7-15(8-4-13)23-16-10-28(25,26)11-17(16)27-19(23)22-18(24)9-12-1-5-14(21)6-2-12/h1-8,16-17H,9-11H2/t16-,17+/m0/s1. The van der Waals surface area contributed by atoms with Crippen LogP contribution in [0.2, 0.25) is 5.02 Å². The van der Waals surface area contributed by atoms with Crippen molar-refractivity contribution >= 4 is 65.9 Å². The van der Waals surface area contributed by atoms with Crippen LogP contribution in [0.4, 0.5) is 5.69 Å². The molecule has 2 aromatic carbocycles. The molecule has 2 saturated heterocycles. The monoisotopic (exact) mass is 498 g/mol. The van der Waals surface area contributed by atoms with Crippen LogP contribution < -0.4 is 4.90 Å². The minimum atomic E-state index is -3.08. The average Bonchev–Trinajstić information content (AvgIpc) is 3.09. The lowest BCUT2D eigenvalue weighted by Crippen LogP contribution is -2.37. The number of anilines is 1. The molecule has 0 aromatic heterocycles. The molecule has 5 nitrogen and oxygen atoms in total. The first-order valence-corrected chi connectivity index (χ1v) is 12.5. The smallest absolute Gasteiger partial charge is 0.252 e. The number of fused-ring (bicyclic) bond motifs is 1. The topological polar surface area (TPSA) is 66.8 Å². The van der Waals surface area contributed by atoms with Crippen LogP contribution in [-0.2, 0) is 21.1 Å². The summed E-state index contributed by atoms with van der Waals surface area (Å²) in [6.45, 7) is 0. The zero-order valence-electron chi connectivity index (χ0n) is 14.6. The van der Waals surface area contributed by atoms with Gasteiger partial charge in [-0.15, -0.1) is 0 Å². The molecule has 2 aliphatic rings. The molecular weight excluding hydrogens is 484 g/mol. The summed E-state index contributed by atoms with van der Waals surface area (Å²) in [6.07, 6.45) is 0.170. The lowest BCUT2D eigenvalue weighted by atomic mass is 10.1. The van der Waals surface area contributed by atoms with Crippen LogP contribution in [0, 0.1) is 0 Å². The molecule has 2 fully saturated rings. The van der Waals surface area contributed by atoms with Crippen molar-refractivity contribution < 1.29 is 13.2 Å². The second-order valence-corrected chi connectivity index (χ2v) is 11.5. The maximum atomic E-state index is 12.5. The first-order chi connectivity index (χ1) is 13.3. The quantitative estimate of drug-likeness (QED) is 0.640. The summed E-state index contributed by atoms with van der Waals surface area (Å²) in [6, 6.07) is 14.5. The molecule has 2 aliphatic heterocycles. The number of thioether (sulfide) groups is 1. The van der Waals surface area contributed by atoms with E-state index in [-0.39, 0.29) is 35.1 Å². The Labute approximate surface area is 181 Å². The van der Waals surface area contributed by atoms with Crippen molar-refractivity contribution in [1.29, 1.82) is 0 Å². The number of hydrogen-bond acceptors (Lipinski definition) is 4. The van der Waals surface area contributed by atoms with Gasteiger partial charge in [-0.25, -0.2) is 8.42 Å². The van der Waals surface area contributed by atoms with Gasteiger partial charge in [-0.3, -0.25) is 4.79 Å². The Bertz CT molecular complexity index is 1040. The molecule has 28 heavy (non-hydrogen) atoms. The number of carbonyl (C=O) groups is 1. The van der Waals surface area contributed by atoms with Gasteiger partial charge in [0.2, 0.25) is 0 Å². The predicted octanol–water partition coefficient (Wildman–Crippen LogP) is 3.95. The molecule has 146 valence electrons. The largest absolute Gasteiger partial charge is 0.316 e. The van der Waals surface area contributed by atoms with Gasteiger partial charge in [0.05, 0.1) is 24.0 Å². The van der Waals surface area contributed by atoms with Gasteiger partial charge in [0.25, 0.3) is 5.91 Å². The summed E-state index contributed by atoms with van der Waals surface area (Å²) < 4.78 is 25.1. The van der Waals surface area contributed by atoms with Crippen LogP contribution >= 0.6 is 39.3 Å². The Morgan fingerprint density at radius 3 is 2.50 bits per heavy atom. The van der Waals surface area contributed by atoms with Gasteiger partial charge in [-0.2, -0.15) is 4.99 Å². The van der Waals surface area contributed by atoms with E-state index in [1.54, 1.807) is 24.3 Å². The van der Waals surface area contributed by atoms with E-state index in [4.69, 9.17) is 11.6 Å². The van der Waals surface area contributed by atoms with Gasteiger partial charge < -0.3 is 4.90 Å². The number of amides is 1. The number of rotatable bonds is 3. The van der Waals surface area contributed by atoms with Crippen LogP contribution in [0.15, 0.2) is 58.0 Å². The highest BCUT2D eigenvalue weighted by atomic mass is 79.9. The molecule has 0 saturated carbocycles. The number of hydrogen-bond donors (Lipinski definition) is 0. The highest BCUT2D eigenvalue weighted by Crippen LogP contribution is 2.41. The maximum Gasteiger partial charge on any atom is 0.252 e. The Hall–Kier alpha value is -1.35. The fourth-order valence-electron chi connectivity index (χ4n) is 3.39. The van der Waals surface area contributed by atoms with E-state index in [1.807, 2.05) is 29.2 Å². The second kappa shape index (κ2) is 7.82. The number of carbonyl (C=O) groups excluding carboxylic acids is 1. The van der Waals surface area contributed by atoms with Gasteiger partial charge in [-0.05, 0) is 42.0 Å². The van der Waals surface area contributed by atoms with Crippen molar-refractivity contribution in [2.75, 3.05) is 16.4 Å². The number of benzene rings is 2. The van der Waals surface area contributed by atoms with E-state index in [0.717, 1.165) is 15.7 Å². The second-order valence-electron chi connectivity index (χ2n) is 6.74. The van der Waals surface area contributed by atoms with Gasteiger partial charge >= 0.3 is 0 Å². The third kappa shape index (κ3) is 4.30. The number of nitrogens with zero attached hydrogens (tertiary/aromatic N) is 2. The minimum Gasteiger partial charge on any atom is -0.316 e. The molecule has 0 unspecified atom stereocenters. The first-order valence-electron chi connectivity index (χ1n) is 8.58. The summed E-state index contributed by atoms with van der Waals surface area (Å²) in [7, 11) is -3.08. The predicted molar refractivity (Wildman–Crippen MR) is 118 cm³/mol. The summed E-state index contributed by atoms with van der Waals surface area (Å²) in [4.78, 5) is 18.8. The van der Waals surface area contributed by atoms with Crippen LogP contribution in [0.25, 0.3) is 0 Å². The molecule has 0 N–H and O–H groups in total. The molecule has 4 rings (SSSR count). The van der Waals surface area contributed by atoms with E-state index in [2.05, 4.69) is 20.9 Å². The average molecular weight is 500 g/mol. The molecular formula is C19H16BrClN2O3S2. The maximum absolute atomic E-state index is 12.5. The number of amidine groups is 1. The highest BCUT2D eigenvalue weighted by Gasteiger charge is 2.49. The number of aliphatic imine (C=N–C) groups is 1. The summed E-state index contributed by atoms with van der Waals surface area (Å²) in [5.74, 6) is -0.0833. The van der Waals surface area contributed by atoms with Crippen LogP contribution in [-0.4, -0.2) is 42.3 Å². The van der Waals surface area contributed by atoms with Gasteiger partial charge in [0, 0.05) is 20.4 Å². The SMILES string of the molecule is O=C(Cc1ccc(Cl)cc1)N=C1S[C@@H]2CS(=O)(=O)C[C@@H]2N1c1ccc(Br)cc1. The van der Waals surface area contributed by atoms with E-state index < -0.39 is 9.84 Å². The Morgan fingerprint density at radius 1 is 1.14 bits per heavy atom. The Balaban J connectivity index is 1.62. The van der Waals surface area contributed by atoms with Crippen molar-refractivity contribution in [3.05, 3.63) is 63.6 Å². The summed E-state index contributed by atoms with van der Waals surface area (Å²) >= 11 is 10.7. The fraction of sp³-hybridized carbons (Fsp3) is 0.263. The molecule has 0 spiro atoms. The molecule has 2 heterocycles. The molecule has 9 heteroatoms. The van der Waals surface area contributed by atoms with Crippen molar-refractivity contribution in [3.8, 4) is 0 Å². The van der Waals surface area contributed by atoms with Gasteiger partial charge in [0.15, 0.2) is 15.0 Å². The Kier molecular flexibility index (Phi) is 5.57. The molecule has 0 bridgehead atoms. The third-order valence-electron chi connectivity index (χ3n) is 4.66. The zero-order valence-corrected chi connectivity index (χ0v) is 18.6. The van der Waals surface area contributed by atoms with Crippen LogP contribution in [0.3, 0.4) is 0 Å². The zero-order chi connectivity index (χ0) is 19.9. The normalized spacial score (nSPS) is 24.5. The van der Waals surface area contributed by atoms with Crippen molar-refractivity contribution in [2.45, 2.75) is 17.7 Å². The summed E-state index contributed by atoms with van der Waals surface area (Å²) in [5, 5.41) is 1.06. The number of halogens is 2. The van der Waals surface area contributed by atoms with Crippen molar-refractivity contribution in [1.82, 2.24) is 0 Å². The molecule has 0 radical (unpaired) electrons. The van der Waals surface area contributed by atoms with E-state index in [9.17, 15) is 13.2 Å². The summed E-state index contributed by atoms with van der Waals surface area (Å²) in [5.41, 5.74) is 1.66. The molecule has 0 aliphatic carbocycles. The molecule has 2 atom stereocenters. The number of sulfone groups is 1. The van der Waals surface area contributed by atoms with E-state index in [1.165, 1.54) is 11.8 Å². The van der Waals surface area contributed by atoms with E-state index >= 15 is 0 Å². The van der Waals surface area contributed by atoms with E-state index in [0.29, 0.717) is 10.2 Å². The molecule has 1 amide bonds. The minimum absolute atomic E-state index is 0.0745. The lowest BCUT2D eigenvalue weighted by Gasteiger charge is -2.24. The van der Waals surface area contributed by atoms with Crippen molar-refractivity contribution in [2.24, 2.45) is 4.99 Å². The lowest BCUT2D eigenvalue weighted by molar-refractivity contribution is -0.117. The first kappa shape index (κ1) is 19.9. The van der Waals surface area contributed by atoms with Gasteiger partial charge in [0.1, 0.15) is 0 Å². The Morgan fingerprint density at radius 2 is 1.82 bits per heavy atom.